The monoisotopic (exact) mass is 374 g/mol. The summed E-state index contributed by atoms with van der Waals surface area (Å²) in [4.78, 5) is 4.44. The van der Waals surface area contributed by atoms with Gasteiger partial charge in [-0.05, 0) is 24.3 Å². The van der Waals surface area contributed by atoms with E-state index in [9.17, 15) is 3.89 Å². The van der Waals surface area contributed by atoms with Crippen molar-refractivity contribution < 1.29 is 13.0 Å². The quantitative estimate of drug-likeness (QED) is 0.454. The summed E-state index contributed by atoms with van der Waals surface area (Å²) in [5.74, 6) is 0.938. The SMILES string of the molecule is COc1cccc2sc(N(SF)c3nnc(-c4ccccc4)o3)nc12. The fourth-order valence-corrected chi connectivity index (χ4v) is 3.61. The summed E-state index contributed by atoms with van der Waals surface area (Å²) in [7, 11) is 1.57. The van der Waals surface area contributed by atoms with Gasteiger partial charge in [-0.2, -0.15) is 4.31 Å². The lowest BCUT2D eigenvalue weighted by Crippen LogP contribution is -2.04. The Bertz CT molecular complexity index is 1010. The maximum atomic E-state index is 13.6. The van der Waals surface area contributed by atoms with Crippen LogP contribution in [0.3, 0.4) is 0 Å². The minimum Gasteiger partial charge on any atom is -0.494 e. The molecule has 4 aromatic rings. The number of nitrogens with zero attached hydrogens (tertiary/aromatic N) is 4. The van der Waals surface area contributed by atoms with Crippen LogP contribution in [0.15, 0.2) is 52.9 Å². The first-order valence-corrected chi connectivity index (χ1v) is 8.70. The van der Waals surface area contributed by atoms with E-state index in [0.29, 0.717) is 22.3 Å². The lowest BCUT2D eigenvalue weighted by Gasteiger charge is -2.08. The highest BCUT2D eigenvalue weighted by atomic mass is 32.2. The molecule has 0 fully saturated rings. The lowest BCUT2D eigenvalue weighted by atomic mass is 10.2. The van der Waals surface area contributed by atoms with Gasteiger partial charge in [-0.1, -0.05) is 40.7 Å². The summed E-state index contributed by atoms with van der Waals surface area (Å²) in [5.41, 5.74) is 1.42. The molecule has 0 spiro atoms. The number of methoxy groups -OCH3 is 1. The fraction of sp³-hybridized carbons (Fsp3) is 0.0625. The van der Waals surface area contributed by atoms with Crippen LogP contribution in [0.25, 0.3) is 21.7 Å². The molecule has 0 saturated carbocycles. The first-order valence-electron chi connectivity index (χ1n) is 7.21. The Labute approximate surface area is 150 Å². The second-order valence-electron chi connectivity index (χ2n) is 4.92. The average molecular weight is 374 g/mol. The molecular weight excluding hydrogens is 363 g/mol. The van der Waals surface area contributed by atoms with Crippen LogP contribution in [0, 0.1) is 0 Å². The smallest absolute Gasteiger partial charge is 0.337 e. The predicted molar refractivity (Wildman–Crippen MR) is 96.7 cm³/mol. The molecule has 2 heterocycles. The Hall–Kier alpha value is -2.65. The number of para-hydroxylation sites is 1. The zero-order valence-electron chi connectivity index (χ0n) is 12.9. The van der Waals surface area contributed by atoms with E-state index in [1.54, 1.807) is 13.2 Å². The van der Waals surface area contributed by atoms with Crippen molar-refractivity contribution in [2.75, 3.05) is 11.4 Å². The van der Waals surface area contributed by atoms with Crippen molar-refractivity contribution >= 4 is 45.0 Å². The number of thiazole rings is 1. The van der Waals surface area contributed by atoms with Crippen molar-refractivity contribution in [1.82, 2.24) is 15.2 Å². The summed E-state index contributed by atoms with van der Waals surface area (Å²) < 4.78 is 26.5. The van der Waals surface area contributed by atoms with Crippen molar-refractivity contribution in [3.05, 3.63) is 48.5 Å². The highest BCUT2D eigenvalue weighted by Crippen LogP contribution is 2.40. The first-order chi connectivity index (χ1) is 12.3. The van der Waals surface area contributed by atoms with Crippen LogP contribution in [-0.4, -0.2) is 22.3 Å². The first kappa shape index (κ1) is 15.9. The van der Waals surface area contributed by atoms with Gasteiger partial charge in [-0.25, -0.2) is 4.98 Å². The van der Waals surface area contributed by atoms with E-state index in [2.05, 4.69) is 15.2 Å². The maximum Gasteiger partial charge on any atom is 0.337 e. The van der Waals surface area contributed by atoms with E-state index in [4.69, 9.17) is 9.15 Å². The molecule has 0 N–H and O–H groups in total. The normalized spacial score (nSPS) is 11.0. The van der Waals surface area contributed by atoms with Gasteiger partial charge in [-0.3, -0.25) is 0 Å². The van der Waals surface area contributed by atoms with Gasteiger partial charge in [0.2, 0.25) is 11.0 Å². The van der Waals surface area contributed by atoms with Crippen LogP contribution in [0.5, 0.6) is 5.75 Å². The van der Waals surface area contributed by atoms with Gasteiger partial charge in [0.05, 0.1) is 11.8 Å². The number of hydrogen-bond acceptors (Lipinski definition) is 8. The maximum absolute atomic E-state index is 13.6. The molecule has 0 aliphatic rings. The molecule has 0 aliphatic heterocycles. The Morgan fingerprint density at radius 1 is 1.12 bits per heavy atom. The number of rotatable bonds is 5. The predicted octanol–water partition coefficient (Wildman–Crippen LogP) is 5.03. The van der Waals surface area contributed by atoms with Gasteiger partial charge in [-0.15, -0.1) is 8.98 Å². The Morgan fingerprint density at radius 3 is 2.72 bits per heavy atom. The molecule has 25 heavy (non-hydrogen) atoms. The van der Waals surface area contributed by atoms with E-state index in [1.165, 1.54) is 11.3 Å². The third-order valence-electron chi connectivity index (χ3n) is 3.44. The third-order valence-corrected chi connectivity index (χ3v) is 5.03. The number of aromatic nitrogens is 3. The van der Waals surface area contributed by atoms with E-state index >= 15 is 0 Å². The number of halogens is 1. The molecule has 2 aromatic carbocycles. The van der Waals surface area contributed by atoms with Gasteiger partial charge in [0.15, 0.2) is 12.3 Å². The highest BCUT2D eigenvalue weighted by Gasteiger charge is 2.23. The topological polar surface area (TPSA) is 64.3 Å². The Kier molecular flexibility index (Phi) is 4.24. The number of fused-ring (bicyclic) bond motifs is 1. The third kappa shape index (κ3) is 2.92. The molecular formula is C16H11FN4O2S2. The summed E-state index contributed by atoms with van der Waals surface area (Å²) in [5, 5.41) is 8.30. The minimum absolute atomic E-state index is 0.0179. The zero-order valence-corrected chi connectivity index (χ0v) is 14.6. The fourth-order valence-electron chi connectivity index (χ4n) is 2.30. The van der Waals surface area contributed by atoms with Crippen molar-refractivity contribution in [3.8, 4) is 17.2 Å². The molecule has 0 bridgehead atoms. The number of benzene rings is 2. The Balaban J connectivity index is 1.73. The number of ether oxygens (including phenoxy) is 1. The van der Waals surface area contributed by atoms with E-state index in [-0.39, 0.29) is 18.3 Å². The van der Waals surface area contributed by atoms with Crippen LogP contribution in [-0.2, 0) is 0 Å². The van der Waals surface area contributed by atoms with E-state index in [0.717, 1.165) is 14.6 Å². The van der Waals surface area contributed by atoms with Crippen LogP contribution < -0.4 is 9.04 Å². The standard InChI is InChI=1S/C16H11FN4O2S2/c1-22-11-8-5-9-12-13(11)18-16(24-12)21(25-17)15-20-19-14(23-15)10-6-3-2-4-7-10/h2-9H,1H3. The highest BCUT2D eigenvalue weighted by molar-refractivity contribution is 7.96. The molecule has 126 valence electrons. The van der Waals surface area contributed by atoms with E-state index in [1.807, 2.05) is 42.5 Å². The van der Waals surface area contributed by atoms with Crippen molar-refractivity contribution in [3.63, 3.8) is 0 Å². The van der Waals surface area contributed by atoms with E-state index < -0.39 is 0 Å². The summed E-state index contributed by atoms with van der Waals surface area (Å²) in [6.07, 6.45) is 0. The zero-order chi connectivity index (χ0) is 17.2. The summed E-state index contributed by atoms with van der Waals surface area (Å²) in [6, 6.07) is 14.9. The molecule has 0 radical (unpaired) electrons. The molecule has 0 amide bonds. The second-order valence-corrected chi connectivity index (χ2v) is 6.43. The van der Waals surface area contributed by atoms with Crippen LogP contribution in [0.2, 0.25) is 0 Å². The minimum atomic E-state index is -0.0425. The van der Waals surface area contributed by atoms with Crippen LogP contribution >= 0.6 is 23.7 Å². The van der Waals surface area contributed by atoms with Gasteiger partial charge in [0.25, 0.3) is 0 Å². The average Bonchev–Trinajstić information content (AvgIpc) is 3.30. The summed E-state index contributed by atoms with van der Waals surface area (Å²) >= 11 is 1.26. The molecule has 0 atom stereocenters. The molecule has 2 aromatic heterocycles. The molecule has 0 aliphatic carbocycles. The second kappa shape index (κ2) is 6.69. The van der Waals surface area contributed by atoms with Gasteiger partial charge in [0.1, 0.15) is 11.3 Å². The molecule has 9 heteroatoms. The number of anilines is 2. The van der Waals surface area contributed by atoms with Gasteiger partial charge in [0, 0.05) is 5.56 Å². The van der Waals surface area contributed by atoms with Crippen molar-refractivity contribution in [2.24, 2.45) is 0 Å². The van der Waals surface area contributed by atoms with Crippen LogP contribution in [0.1, 0.15) is 0 Å². The van der Waals surface area contributed by atoms with Crippen molar-refractivity contribution in [2.45, 2.75) is 0 Å². The lowest BCUT2D eigenvalue weighted by molar-refractivity contribution is 0.419. The number of hydrogen-bond donors (Lipinski definition) is 0. The Morgan fingerprint density at radius 2 is 1.96 bits per heavy atom. The molecule has 0 unspecified atom stereocenters. The van der Waals surface area contributed by atoms with Crippen molar-refractivity contribution in [1.29, 1.82) is 0 Å². The molecule has 4 rings (SSSR count). The summed E-state index contributed by atoms with van der Waals surface area (Å²) in [6.45, 7) is 0. The van der Waals surface area contributed by atoms with Gasteiger partial charge < -0.3 is 9.15 Å². The van der Waals surface area contributed by atoms with Crippen LogP contribution in [0.4, 0.5) is 15.0 Å². The molecule has 0 saturated heterocycles. The molecule has 6 nitrogen and oxygen atoms in total. The largest absolute Gasteiger partial charge is 0.494 e. The van der Waals surface area contributed by atoms with Gasteiger partial charge >= 0.3 is 6.01 Å².